The molecule has 1 saturated carbocycles. The van der Waals surface area contributed by atoms with Crippen LogP contribution in [0.5, 0.6) is 5.75 Å². The van der Waals surface area contributed by atoms with Crippen LogP contribution in [0.3, 0.4) is 0 Å². The monoisotopic (exact) mass is 336 g/mol. The van der Waals surface area contributed by atoms with Crippen molar-refractivity contribution in [2.45, 2.75) is 72.1 Å². The second kappa shape index (κ2) is 8.84. The van der Waals surface area contributed by atoms with Gasteiger partial charge in [0, 0.05) is 11.1 Å². The molecule has 0 spiro atoms. The largest absolute Gasteiger partial charge is 0.396 e. The summed E-state index contributed by atoms with van der Waals surface area (Å²) < 4.78 is 11.9. The molecule has 1 atom stereocenters. The van der Waals surface area contributed by atoms with Gasteiger partial charge in [-0.1, -0.05) is 46.1 Å². The van der Waals surface area contributed by atoms with E-state index in [1.165, 1.54) is 37.7 Å². The molecule has 2 nitrogen and oxygen atoms in total. The average Bonchev–Trinajstić information content (AvgIpc) is 2.61. The first kappa shape index (κ1) is 19.2. The van der Waals surface area contributed by atoms with Crippen molar-refractivity contribution in [2.75, 3.05) is 6.61 Å². The van der Waals surface area contributed by atoms with Crippen LogP contribution in [0.4, 0.5) is 4.53 Å². The summed E-state index contributed by atoms with van der Waals surface area (Å²) in [5, 5.41) is 9.03. The van der Waals surface area contributed by atoms with E-state index in [1.54, 1.807) is 12.1 Å². The Kier molecular flexibility index (Phi) is 7.09. The van der Waals surface area contributed by atoms with Gasteiger partial charge in [-0.2, -0.15) is 0 Å². The zero-order valence-corrected chi connectivity index (χ0v) is 15.5. The van der Waals surface area contributed by atoms with Crippen LogP contribution in [0, 0.1) is 17.3 Å². The van der Waals surface area contributed by atoms with Gasteiger partial charge in [0.05, 0.1) is 0 Å². The minimum atomic E-state index is 0.237. The van der Waals surface area contributed by atoms with E-state index in [9.17, 15) is 4.53 Å². The van der Waals surface area contributed by atoms with E-state index in [2.05, 4.69) is 25.7 Å². The molecule has 3 rings (SSSR count). The standard InChI is InChI=1S/C11H13FO2.C10H20/c12-14-11-4-3-9-5-8(7-13)1-2-10(9)6-11;1-10(2,3)9-7-5-4-6-8-9/h3-4,6,8,13H,1-2,5,7H2;9H,4-8H2,1-3H3. The lowest BCUT2D eigenvalue weighted by molar-refractivity contribution is -0.00635. The molecule has 1 fully saturated rings. The second-order valence-electron chi connectivity index (χ2n) is 8.50. The predicted octanol–water partition coefficient (Wildman–Crippen LogP) is 5.66. The second-order valence-corrected chi connectivity index (χ2v) is 8.50. The van der Waals surface area contributed by atoms with E-state index in [0.29, 0.717) is 11.3 Å². The molecule has 0 bridgehead atoms. The lowest BCUT2D eigenvalue weighted by atomic mass is 9.72. The maximum atomic E-state index is 11.9. The van der Waals surface area contributed by atoms with Crippen molar-refractivity contribution < 1.29 is 14.6 Å². The first-order valence-corrected chi connectivity index (χ1v) is 9.45. The number of aliphatic hydroxyl groups is 1. The minimum Gasteiger partial charge on any atom is -0.396 e. The summed E-state index contributed by atoms with van der Waals surface area (Å²) in [5.41, 5.74) is 2.92. The number of hydrogen-bond acceptors (Lipinski definition) is 2. The fourth-order valence-electron chi connectivity index (χ4n) is 3.98. The van der Waals surface area contributed by atoms with Crippen LogP contribution in [0.25, 0.3) is 0 Å². The molecule has 0 radical (unpaired) electrons. The number of hydrogen-bond donors (Lipinski definition) is 1. The first-order chi connectivity index (χ1) is 11.4. The van der Waals surface area contributed by atoms with Gasteiger partial charge in [-0.05, 0) is 72.6 Å². The molecule has 0 aliphatic heterocycles. The smallest absolute Gasteiger partial charge is 0.172 e. The fraction of sp³-hybridized carbons (Fsp3) is 0.714. The van der Waals surface area contributed by atoms with Gasteiger partial charge < -0.3 is 5.11 Å². The van der Waals surface area contributed by atoms with Gasteiger partial charge in [-0.15, -0.1) is 0 Å². The number of benzene rings is 1. The Morgan fingerprint density at radius 1 is 1.08 bits per heavy atom. The molecule has 2 aliphatic rings. The highest BCUT2D eigenvalue weighted by molar-refractivity contribution is 5.37. The van der Waals surface area contributed by atoms with Crippen LogP contribution in [0.2, 0.25) is 0 Å². The zero-order chi connectivity index (χ0) is 17.6. The Labute approximate surface area is 146 Å². The molecule has 24 heavy (non-hydrogen) atoms. The van der Waals surface area contributed by atoms with Gasteiger partial charge in [0.15, 0.2) is 5.75 Å². The summed E-state index contributed by atoms with van der Waals surface area (Å²) >= 11 is 0. The Balaban J connectivity index is 0.000000185. The average molecular weight is 336 g/mol. The van der Waals surface area contributed by atoms with Gasteiger partial charge in [-0.25, -0.2) is 0 Å². The lowest BCUT2D eigenvalue weighted by Gasteiger charge is -2.33. The molecule has 1 aromatic carbocycles. The minimum absolute atomic E-state index is 0.237. The van der Waals surface area contributed by atoms with E-state index < -0.39 is 0 Å². The third kappa shape index (κ3) is 5.47. The van der Waals surface area contributed by atoms with Gasteiger partial charge in [0.25, 0.3) is 0 Å². The molecule has 1 N–H and O–H groups in total. The molecule has 136 valence electrons. The Hall–Kier alpha value is -1.09. The van der Waals surface area contributed by atoms with E-state index in [1.807, 2.05) is 6.07 Å². The lowest BCUT2D eigenvalue weighted by Crippen LogP contribution is -2.22. The van der Waals surface area contributed by atoms with Crippen LogP contribution in [0.15, 0.2) is 18.2 Å². The highest BCUT2D eigenvalue weighted by atomic mass is 19.3. The molecular formula is C21H33FO2. The highest BCUT2D eigenvalue weighted by Crippen LogP contribution is 2.37. The van der Waals surface area contributed by atoms with Crippen molar-refractivity contribution in [3.8, 4) is 5.75 Å². The quantitative estimate of drug-likeness (QED) is 0.755. The predicted molar refractivity (Wildman–Crippen MR) is 96.8 cm³/mol. The fourth-order valence-corrected chi connectivity index (χ4v) is 3.98. The summed E-state index contributed by atoms with van der Waals surface area (Å²) in [7, 11) is 0. The number of aliphatic hydroxyl groups excluding tert-OH is 1. The van der Waals surface area contributed by atoms with Crippen molar-refractivity contribution in [1.82, 2.24) is 0 Å². The summed E-state index contributed by atoms with van der Waals surface area (Å²) in [6.07, 6.45) is 10.1. The molecular weight excluding hydrogens is 303 g/mol. The van der Waals surface area contributed by atoms with E-state index in [0.717, 1.165) is 30.7 Å². The zero-order valence-electron chi connectivity index (χ0n) is 15.5. The molecule has 1 aromatic rings. The molecule has 0 heterocycles. The normalized spacial score (nSPS) is 21.5. The van der Waals surface area contributed by atoms with Crippen molar-refractivity contribution >= 4 is 0 Å². The van der Waals surface area contributed by atoms with E-state index in [4.69, 9.17) is 5.11 Å². The van der Waals surface area contributed by atoms with Gasteiger partial charge >= 0.3 is 0 Å². The van der Waals surface area contributed by atoms with Crippen LogP contribution in [-0.4, -0.2) is 11.7 Å². The van der Waals surface area contributed by atoms with Gasteiger partial charge in [0.2, 0.25) is 0 Å². The summed E-state index contributed by atoms with van der Waals surface area (Å²) in [5.74, 6) is 1.63. The molecule has 2 aliphatic carbocycles. The van der Waals surface area contributed by atoms with Crippen molar-refractivity contribution in [3.05, 3.63) is 29.3 Å². The number of aryl methyl sites for hydroxylation is 1. The molecule has 0 amide bonds. The summed E-state index contributed by atoms with van der Waals surface area (Å²) in [4.78, 5) is 3.68. The first-order valence-electron chi connectivity index (χ1n) is 9.45. The maximum absolute atomic E-state index is 11.9. The molecule has 0 aromatic heterocycles. The summed E-state index contributed by atoms with van der Waals surface area (Å²) in [6, 6.07) is 5.24. The van der Waals surface area contributed by atoms with Crippen molar-refractivity contribution in [3.63, 3.8) is 0 Å². The maximum Gasteiger partial charge on any atom is 0.172 e. The number of rotatable bonds is 2. The third-order valence-electron chi connectivity index (χ3n) is 5.69. The van der Waals surface area contributed by atoms with E-state index in [-0.39, 0.29) is 12.4 Å². The van der Waals surface area contributed by atoms with Gasteiger partial charge in [-0.3, -0.25) is 4.94 Å². The molecule has 3 heteroatoms. The van der Waals surface area contributed by atoms with Crippen LogP contribution < -0.4 is 4.94 Å². The Morgan fingerprint density at radius 3 is 2.33 bits per heavy atom. The SMILES string of the molecule is CC(C)(C)C1CCCCC1.OCC1CCc2cc(OF)ccc2C1. The number of fused-ring (bicyclic) bond motifs is 1. The topological polar surface area (TPSA) is 29.5 Å². The molecule has 1 unspecified atom stereocenters. The van der Waals surface area contributed by atoms with Crippen LogP contribution in [-0.2, 0) is 12.8 Å². The summed E-state index contributed by atoms with van der Waals surface area (Å²) in [6.45, 7) is 7.37. The third-order valence-corrected chi connectivity index (χ3v) is 5.69. The Morgan fingerprint density at radius 2 is 1.79 bits per heavy atom. The van der Waals surface area contributed by atoms with Crippen LogP contribution >= 0.6 is 0 Å². The highest BCUT2D eigenvalue weighted by Gasteiger charge is 2.25. The van der Waals surface area contributed by atoms with Gasteiger partial charge in [0.1, 0.15) is 0 Å². The van der Waals surface area contributed by atoms with Crippen LogP contribution in [0.1, 0.15) is 70.4 Å². The van der Waals surface area contributed by atoms with Crippen molar-refractivity contribution in [1.29, 1.82) is 0 Å². The number of halogens is 1. The Bertz CT molecular complexity index is 501. The van der Waals surface area contributed by atoms with Crippen molar-refractivity contribution in [2.24, 2.45) is 17.3 Å². The van der Waals surface area contributed by atoms with E-state index >= 15 is 0 Å². The molecule has 0 saturated heterocycles.